The number of carbonyl (C=O) groups is 1. The van der Waals surface area contributed by atoms with Crippen molar-refractivity contribution in [3.8, 4) is 5.69 Å². The summed E-state index contributed by atoms with van der Waals surface area (Å²) in [5.41, 5.74) is 2.24. The summed E-state index contributed by atoms with van der Waals surface area (Å²) in [6.07, 6.45) is 5.95. The number of nitrogens with zero attached hydrogens (tertiary/aromatic N) is 3. The number of amides is 1. The third kappa shape index (κ3) is 4.17. The predicted molar refractivity (Wildman–Crippen MR) is 96.6 cm³/mol. The maximum absolute atomic E-state index is 12.2. The van der Waals surface area contributed by atoms with Crippen molar-refractivity contribution in [2.24, 2.45) is 0 Å². The van der Waals surface area contributed by atoms with Gasteiger partial charge in [0.2, 0.25) is 5.91 Å². The lowest BCUT2D eigenvalue weighted by atomic mass is 9.95. The number of carbonyl (C=O) groups excluding carboxylic acids is 1. The van der Waals surface area contributed by atoms with Crippen molar-refractivity contribution in [1.29, 1.82) is 0 Å². The van der Waals surface area contributed by atoms with E-state index in [1.165, 1.54) is 36.6 Å². The van der Waals surface area contributed by atoms with E-state index in [-0.39, 0.29) is 5.91 Å². The van der Waals surface area contributed by atoms with E-state index in [0.29, 0.717) is 11.8 Å². The molecule has 1 aliphatic carbocycles. The third-order valence-electron chi connectivity index (χ3n) is 4.39. The van der Waals surface area contributed by atoms with Crippen LogP contribution in [0, 0.1) is 13.8 Å². The van der Waals surface area contributed by atoms with Gasteiger partial charge in [0.1, 0.15) is 5.82 Å². The Balaban J connectivity index is 1.63. The molecule has 0 unspecified atom stereocenters. The van der Waals surface area contributed by atoms with Crippen LogP contribution in [0.2, 0.25) is 0 Å². The molecule has 1 aromatic heterocycles. The monoisotopic (exact) mass is 344 g/mol. The predicted octanol–water partition coefficient (Wildman–Crippen LogP) is 3.43. The Bertz CT molecular complexity index is 690. The fourth-order valence-corrected chi connectivity index (χ4v) is 3.88. The Hall–Kier alpha value is -1.82. The molecule has 1 heterocycles. The standard InChI is InChI=1S/C18H24N4OS/c1-13-8-10-16(11-9-13)22-14(2)20-21-18(22)24-12-17(23)19-15-6-4-3-5-7-15/h8-11,15H,3-7,12H2,1-2H3,(H,19,23). The molecule has 0 bridgehead atoms. The average Bonchev–Trinajstić information content (AvgIpc) is 2.95. The molecule has 5 nitrogen and oxygen atoms in total. The van der Waals surface area contributed by atoms with Crippen molar-refractivity contribution in [2.75, 3.05) is 5.75 Å². The first-order chi connectivity index (χ1) is 11.6. The van der Waals surface area contributed by atoms with Crippen molar-refractivity contribution < 1.29 is 4.79 Å². The highest BCUT2D eigenvalue weighted by Crippen LogP contribution is 2.22. The topological polar surface area (TPSA) is 59.8 Å². The maximum Gasteiger partial charge on any atom is 0.230 e. The largest absolute Gasteiger partial charge is 0.353 e. The summed E-state index contributed by atoms with van der Waals surface area (Å²) in [5, 5.41) is 12.3. The number of thioether (sulfide) groups is 1. The average molecular weight is 344 g/mol. The Morgan fingerprint density at radius 2 is 1.88 bits per heavy atom. The van der Waals surface area contributed by atoms with Crippen LogP contribution in [-0.2, 0) is 4.79 Å². The van der Waals surface area contributed by atoms with Crippen molar-refractivity contribution in [2.45, 2.75) is 57.1 Å². The molecular weight excluding hydrogens is 320 g/mol. The van der Waals surface area contributed by atoms with Crippen LogP contribution < -0.4 is 5.32 Å². The van der Waals surface area contributed by atoms with Gasteiger partial charge in [0.25, 0.3) is 0 Å². The first kappa shape index (κ1) is 17.0. The van der Waals surface area contributed by atoms with Crippen LogP contribution in [0.1, 0.15) is 43.5 Å². The van der Waals surface area contributed by atoms with Crippen LogP contribution in [0.25, 0.3) is 5.69 Å². The number of hydrogen-bond donors (Lipinski definition) is 1. The van der Waals surface area contributed by atoms with E-state index in [0.717, 1.165) is 29.5 Å². The van der Waals surface area contributed by atoms with Gasteiger partial charge in [0.15, 0.2) is 5.16 Å². The summed E-state index contributed by atoms with van der Waals surface area (Å²) in [6, 6.07) is 8.59. The first-order valence-electron chi connectivity index (χ1n) is 8.55. The Morgan fingerprint density at radius 1 is 1.17 bits per heavy atom. The van der Waals surface area contributed by atoms with E-state index < -0.39 is 0 Å². The second-order valence-corrected chi connectivity index (χ2v) is 7.33. The third-order valence-corrected chi connectivity index (χ3v) is 5.32. The van der Waals surface area contributed by atoms with E-state index in [4.69, 9.17) is 0 Å². The summed E-state index contributed by atoms with van der Waals surface area (Å²) in [7, 11) is 0. The quantitative estimate of drug-likeness (QED) is 0.844. The maximum atomic E-state index is 12.2. The SMILES string of the molecule is Cc1ccc(-n2c(C)nnc2SCC(=O)NC2CCCCC2)cc1. The molecule has 0 spiro atoms. The highest BCUT2D eigenvalue weighted by atomic mass is 32.2. The molecule has 0 radical (unpaired) electrons. The van der Waals surface area contributed by atoms with Crippen LogP contribution in [0.4, 0.5) is 0 Å². The molecule has 0 atom stereocenters. The highest BCUT2D eigenvalue weighted by molar-refractivity contribution is 7.99. The zero-order valence-corrected chi connectivity index (χ0v) is 15.1. The lowest BCUT2D eigenvalue weighted by Gasteiger charge is -2.22. The van der Waals surface area contributed by atoms with Crippen LogP contribution in [0.3, 0.4) is 0 Å². The molecule has 0 aliphatic heterocycles. The number of aromatic nitrogens is 3. The number of aryl methyl sites for hydroxylation is 2. The van der Waals surface area contributed by atoms with Gasteiger partial charge >= 0.3 is 0 Å². The van der Waals surface area contributed by atoms with Crippen LogP contribution in [-0.4, -0.2) is 32.5 Å². The normalized spacial score (nSPS) is 15.4. The number of benzene rings is 1. The van der Waals surface area contributed by atoms with Crippen molar-refractivity contribution in [3.63, 3.8) is 0 Å². The minimum atomic E-state index is 0.0861. The van der Waals surface area contributed by atoms with Gasteiger partial charge in [-0.05, 0) is 38.8 Å². The number of rotatable bonds is 5. The van der Waals surface area contributed by atoms with E-state index >= 15 is 0 Å². The Kier molecular flexibility index (Phi) is 5.56. The molecule has 3 rings (SSSR count). The second kappa shape index (κ2) is 7.83. The summed E-state index contributed by atoms with van der Waals surface area (Å²) in [5.74, 6) is 1.29. The molecule has 128 valence electrons. The smallest absolute Gasteiger partial charge is 0.230 e. The lowest BCUT2D eigenvalue weighted by Crippen LogP contribution is -2.37. The molecule has 1 aliphatic rings. The molecule has 1 saturated carbocycles. The van der Waals surface area contributed by atoms with Gasteiger partial charge in [-0.15, -0.1) is 10.2 Å². The van der Waals surface area contributed by atoms with E-state index in [2.05, 4.69) is 46.7 Å². The van der Waals surface area contributed by atoms with Crippen molar-refractivity contribution in [1.82, 2.24) is 20.1 Å². The molecule has 1 aromatic carbocycles. The van der Waals surface area contributed by atoms with E-state index in [1.807, 2.05) is 11.5 Å². The molecule has 1 N–H and O–H groups in total. The van der Waals surface area contributed by atoms with Gasteiger partial charge in [0, 0.05) is 11.7 Å². The second-order valence-electron chi connectivity index (χ2n) is 6.39. The molecule has 1 fully saturated rings. The summed E-state index contributed by atoms with van der Waals surface area (Å²) < 4.78 is 2.00. The number of hydrogen-bond acceptors (Lipinski definition) is 4. The van der Waals surface area contributed by atoms with Crippen LogP contribution in [0.15, 0.2) is 29.4 Å². The van der Waals surface area contributed by atoms with Crippen LogP contribution >= 0.6 is 11.8 Å². The number of nitrogens with one attached hydrogen (secondary N) is 1. The van der Waals surface area contributed by atoms with Gasteiger partial charge in [-0.3, -0.25) is 9.36 Å². The molecule has 2 aromatic rings. The minimum Gasteiger partial charge on any atom is -0.353 e. The molecule has 6 heteroatoms. The van der Waals surface area contributed by atoms with Crippen molar-refractivity contribution in [3.05, 3.63) is 35.7 Å². The lowest BCUT2D eigenvalue weighted by molar-refractivity contribution is -0.119. The Morgan fingerprint density at radius 3 is 2.58 bits per heavy atom. The Labute approximate surface area is 147 Å². The van der Waals surface area contributed by atoms with Gasteiger partial charge in [0.05, 0.1) is 5.75 Å². The van der Waals surface area contributed by atoms with E-state index in [9.17, 15) is 4.79 Å². The minimum absolute atomic E-state index is 0.0861. The van der Waals surface area contributed by atoms with E-state index in [1.54, 1.807) is 0 Å². The summed E-state index contributed by atoms with van der Waals surface area (Å²) in [6.45, 7) is 3.99. The van der Waals surface area contributed by atoms with Gasteiger partial charge < -0.3 is 5.32 Å². The van der Waals surface area contributed by atoms with Crippen molar-refractivity contribution >= 4 is 17.7 Å². The van der Waals surface area contributed by atoms with Crippen LogP contribution in [0.5, 0.6) is 0 Å². The summed E-state index contributed by atoms with van der Waals surface area (Å²) in [4.78, 5) is 12.2. The first-order valence-corrected chi connectivity index (χ1v) is 9.53. The molecular formula is C18H24N4OS. The zero-order chi connectivity index (χ0) is 16.9. The molecule has 1 amide bonds. The summed E-state index contributed by atoms with van der Waals surface area (Å²) >= 11 is 1.44. The highest BCUT2D eigenvalue weighted by Gasteiger charge is 2.17. The fourth-order valence-electron chi connectivity index (χ4n) is 3.07. The van der Waals surface area contributed by atoms with Gasteiger partial charge in [-0.25, -0.2) is 0 Å². The van der Waals surface area contributed by atoms with Gasteiger partial charge in [-0.2, -0.15) is 0 Å². The van der Waals surface area contributed by atoms with Gasteiger partial charge in [-0.1, -0.05) is 48.7 Å². The zero-order valence-electron chi connectivity index (χ0n) is 14.3. The molecule has 0 saturated heterocycles. The molecule has 24 heavy (non-hydrogen) atoms. The fraction of sp³-hybridized carbons (Fsp3) is 0.500.